The van der Waals surface area contributed by atoms with E-state index in [1.165, 1.54) is 0 Å². The minimum Gasteiger partial charge on any atom is -0.360 e. The summed E-state index contributed by atoms with van der Waals surface area (Å²) in [7, 11) is 0. The van der Waals surface area contributed by atoms with Crippen molar-refractivity contribution in [2.24, 2.45) is 0 Å². The highest BCUT2D eigenvalue weighted by Gasteiger charge is 2.30. The molecule has 0 saturated carbocycles. The van der Waals surface area contributed by atoms with E-state index in [1.54, 1.807) is 6.92 Å². The first-order chi connectivity index (χ1) is 12.5. The first-order valence-electron chi connectivity index (χ1n) is 8.56. The smallest absolute Gasteiger partial charge is 0.282 e. The Kier molecular flexibility index (Phi) is 5.46. The zero-order valence-electron chi connectivity index (χ0n) is 14.4. The number of halogens is 3. The van der Waals surface area contributed by atoms with Crippen molar-refractivity contribution in [2.75, 3.05) is 36.4 Å². The number of hydrogen-bond acceptors (Lipinski definition) is 2. The Balaban J connectivity index is 1.59. The van der Waals surface area contributed by atoms with Crippen molar-refractivity contribution in [3.63, 3.8) is 0 Å². The number of para-hydroxylation sites is 1. The van der Waals surface area contributed by atoms with E-state index in [0.29, 0.717) is 0 Å². The second kappa shape index (κ2) is 7.78. The van der Waals surface area contributed by atoms with Crippen LogP contribution in [-0.2, 0) is 4.79 Å². The predicted octanol–water partition coefficient (Wildman–Crippen LogP) is 1.84. The van der Waals surface area contributed by atoms with Crippen LogP contribution in [0.5, 0.6) is 0 Å². The van der Waals surface area contributed by atoms with E-state index in [2.05, 4.69) is 10.2 Å². The van der Waals surface area contributed by atoms with Crippen LogP contribution in [0, 0.1) is 17.5 Å². The zero-order chi connectivity index (χ0) is 18.7. The second-order valence-electron chi connectivity index (χ2n) is 6.41. The van der Waals surface area contributed by atoms with Crippen LogP contribution in [0.25, 0.3) is 0 Å². The number of hydrogen-bond donors (Lipinski definition) is 2. The van der Waals surface area contributed by atoms with Gasteiger partial charge in [0.05, 0.1) is 31.9 Å². The predicted molar refractivity (Wildman–Crippen MR) is 93.8 cm³/mol. The third-order valence-electron chi connectivity index (χ3n) is 4.83. The van der Waals surface area contributed by atoms with E-state index in [0.717, 1.165) is 48.9 Å². The molecule has 1 aliphatic rings. The first kappa shape index (κ1) is 18.3. The standard InChI is InChI=1S/C19H20F3N3O/c1-13(19(26)23-16-8-7-15(20)17(21)18(16)22)24-9-11-25(12-10-24)14-5-3-2-4-6-14/h2-8,13H,9-12H2,1H3,(H,23,26)/p+1/t13-/m0/s1. The highest BCUT2D eigenvalue weighted by Crippen LogP contribution is 2.19. The summed E-state index contributed by atoms with van der Waals surface area (Å²) in [5.41, 5.74) is 0.801. The van der Waals surface area contributed by atoms with E-state index in [-0.39, 0.29) is 5.69 Å². The van der Waals surface area contributed by atoms with E-state index < -0.39 is 29.4 Å². The van der Waals surface area contributed by atoms with Crippen LogP contribution in [-0.4, -0.2) is 38.1 Å². The Hall–Kier alpha value is -2.54. The molecule has 7 heteroatoms. The van der Waals surface area contributed by atoms with Gasteiger partial charge in [-0.1, -0.05) is 18.2 Å². The second-order valence-corrected chi connectivity index (χ2v) is 6.41. The van der Waals surface area contributed by atoms with Gasteiger partial charge in [-0.05, 0) is 31.2 Å². The Morgan fingerprint density at radius 3 is 2.35 bits per heavy atom. The molecule has 0 spiro atoms. The molecule has 0 unspecified atom stereocenters. The number of nitrogens with zero attached hydrogens (tertiary/aromatic N) is 1. The molecule has 2 aromatic carbocycles. The molecule has 4 nitrogen and oxygen atoms in total. The van der Waals surface area contributed by atoms with Gasteiger partial charge in [0.1, 0.15) is 0 Å². The molecule has 0 bridgehead atoms. The highest BCUT2D eigenvalue weighted by atomic mass is 19.2. The fourth-order valence-electron chi connectivity index (χ4n) is 3.17. The van der Waals surface area contributed by atoms with Crippen molar-refractivity contribution in [3.8, 4) is 0 Å². The van der Waals surface area contributed by atoms with E-state index >= 15 is 0 Å². The van der Waals surface area contributed by atoms with Gasteiger partial charge in [0.2, 0.25) is 0 Å². The number of carbonyl (C=O) groups is 1. The Labute approximate surface area is 150 Å². The quantitative estimate of drug-likeness (QED) is 0.813. The van der Waals surface area contributed by atoms with Gasteiger partial charge < -0.3 is 15.1 Å². The largest absolute Gasteiger partial charge is 0.360 e. The lowest BCUT2D eigenvalue weighted by Crippen LogP contribution is -3.19. The third kappa shape index (κ3) is 3.83. The maximum atomic E-state index is 13.7. The van der Waals surface area contributed by atoms with Crippen LogP contribution in [0.3, 0.4) is 0 Å². The number of benzene rings is 2. The van der Waals surface area contributed by atoms with Gasteiger partial charge in [0.15, 0.2) is 23.5 Å². The molecule has 1 saturated heterocycles. The molecule has 2 N–H and O–H groups in total. The number of amides is 1. The molecule has 3 rings (SSSR count). The highest BCUT2D eigenvalue weighted by molar-refractivity contribution is 5.93. The topological polar surface area (TPSA) is 36.8 Å². The number of anilines is 2. The van der Waals surface area contributed by atoms with Crippen molar-refractivity contribution >= 4 is 17.3 Å². The monoisotopic (exact) mass is 364 g/mol. The van der Waals surface area contributed by atoms with Crippen LogP contribution < -0.4 is 15.1 Å². The number of quaternary nitrogens is 1. The van der Waals surface area contributed by atoms with E-state index in [4.69, 9.17) is 0 Å². The summed E-state index contributed by atoms with van der Waals surface area (Å²) in [6.45, 7) is 4.86. The molecule has 1 atom stereocenters. The van der Waals surface area contributed by atoms with Crippen LogP contribution in [0.1, 0.15) is 6.92 Å². The van der Waals surface area contributed by atoms with E-state index in [9.17, 15) is 18.0 Å². The molecule has 1 heterocycles. The van der Waals surface area contributed by atoms with E-state index in [1.807, 2.05) is 30.3 Å². The maximum absolute atomic E-state index is 13.7. The summed E-state index contributed by atoms with van der Waals surface area (Å²) < 4.78 is 40.0. The fourth-order valence-corrected chi connectivity index (χ4v) is 3.17. The van der Waals surface area contributed by atoms with Crippen LogP contribution in [0.4, 0.5) is 24.5 Å². The van der Waals surface area contributed by atoms with Crippen molar-refractivity contribution in [2.45, 2.75) is 13.0 Å². The van der Waals surface area contributed by atoms with Crippen molar-refractivity contribution in [3.05, 3.63) is 59.9 Å². The fraction of sp³-hybridized carbons (Fsp3) is 0.316. The normalized spacial score (nSPS) is 16.4. The molecule has 26 heavy (non-hydrogen) atoms. The molecule has 2 aromatic rings. The van der Waals surface area contributed by atoms with Gasteiger partial charge in [-0.15, -0.1) is 0 Å². The Morgan fingerprint density at radius 1 is 1.04 bits per heavy atom. The molecule has 0 aliphatic carbocycles. The lowest BCUT2D eigenvalue weighted by Gasteiger charge is -2.36. The molecule has 138 valence electrons. The SMILES string of the molecule is C[C@@H](C(=O)Nc1ccc(F)c(F)c1F)[NH+]1CCN(c2ccccc2)CC1. The minimum atomic E-state index is -1.58. The number of nitrogens with one attached hydrogen (secondary N) is 2. The van der Waals surface area contributed by atoms with Crippen molar-refractivity contribution in [1.29, 1.82) is 0 Å². The lowest BCUT2D eigenvalue weighted by atomic mass is 10.2. The average Bonchev–Trinajstić information content (AvgIpc) is 2.68. The molecular weight excluding hydrogens is 343 g/mol. The van der Waals surface area contributed by atoms with Crippen molar-refractivity contribution < 1.29 is 22.9 Å². The van der Waals surface area contributed by atoms with Crippen LogP contribution in [0.15, 0.2) is 42.5 Å². The van der Waals surface area contributed by atoms with Gasteiger partial charge in [-0.25, -0.2) is 13.2 Å². The maximum Gasteiger partial charge on any atom is 0.282 e. The van der Waals surface area contributed by atoms with Gasteiger partial charge >= 0.3 is 0 Å². The molecular formula is C19H21F3N3O+. The van der Waals surface area contributed by atoms with Gasteiger partial charge in [-0.3, -0.25) is 4.79 Å². The molecule has 0 aromatic heterocycles. The number of rotatable bonds is 4. The van der Waals surface area contributed by atoms with Crippen molar-refractivity contribution in [1.82, 2.24) is 0 Å². The molecule has 0 radical (unpaired) electrons. The number of piperazine rings is 1. The summed E-state index contributed by atoms with van der Waals surface area (Å²) in [4.78, 5) is 15.7. The third-order valence-corrected chi connectivity index (χ3v) is 4.83. The summed E-state index contributed by atoms with van der Waals surface area (Å²) in [5, 5.41) is 2.36. The summed E-state index contributed by atoms with van der Waals surface area (Å²) in [6, 6.07) is 11.4. The Morgan fingerprint density at radius 2 is 1.69 bits per heavy atom. The average molecular weight is 364 g/mol. The summed E-state index contributed by atoms with van der Waals surface area (Å²) >= 11 is 0. The molecule has 1 amide bonds. The zero-order valence-corrected chi connectivity index (χ0v) is 14.4. The van der Waals surface area contributed by atoms with Gasteiger partial charge in [0.25, 0.3) is 5.91 Å². The summed E-state index contributed by atoms with van der Waals surface area (Å²) in [6.07, 6.45) is 0. The Bertz CT molecular complexity index is 777. The lowest BCUT2D eigenvalue weighted by molar-refractivity contribution is -0.914. The van der Waals surface area contributed by atoms with Crippen LogP contribution in [0.2, 0.25) is 0 Å². The van der Waals surface area contributed by atoms with Gasteiger partial charge in [0, 0.05) is 5.69 Å². The molecule has 1 fully saturated rings. The molecule has 1 aliphatic heterocycles. The van der Waals surface area contributed by atoms with Gasteiger partial charge in [-0.2, -0.15) is 0 Å². The summed E-state index contributed by atoms with van der Waals surface area (Å²) in [5.74, 6) is -4.66. The first-order valence-corrected chi connectivity index (χ1v) is 8.56. The minimum absolute atomic E-state index is 0.344. The number of carbonyl (C=O) groups excluding carboxylic acids is 1. The van der Waals surface area contributed by atoms with Crippen LogP contribution >= 0.6 is 0 Å².